The van der Waals surface area contributed by atoms with Crippen LogP contribution in [0, 0.1) is 12.7 Å². The minimum atomic E-state index is -3.81. The van der Waals surface area contributed by atoms with Crippen molar-refractivity contribution in [3.8, 4) is 0 Å². The third-order valence-electron chi connectivity index (χ3n) is 3.78. The summed E-state index contributed by atoms with van der Waals surface area (Å²) in [6, 6.07) is 13.4. The molecule has 1 atom stereocenters. The topological polar surface area (TPSA) is 66.4 Å². The zero-order chi connectivity index (χ0) is 16.9. The van der Waals surface area contributed by atoms with Crippen molar-refractivity contribution in [2.45, 2.75) is 24.2 Å². The largest absolute Gasteiger partial charge is 0.396 e. The van der Waals surface area contributed by atoms with Crippen LogP contribution >= 0.6 is 0 Å². The van der Waals surface area contributed by atoms with E-state index in [0.29, 0.717) is 6.42 Å². The predicted octanol–water partition coefficient (Wildman–Crippen LogP) is 2.58. The molecular formula is C17H20FNO3S. The van der Waals surface area contributed by atoms with E-state index in [9.17, 15) is 17.9 Å². The van der Waals surface area contributed by atoms with E-state index in [4.69, 9.17) is 0 Å². The zero-order valence-electron chi connectivity index (χ0n) is 12.9. The average Bonchev–Trinajstić information content (AvgIpc) is 2.54. The number of nitrogens with one attached hydrogen (secondary N) is 1. The van der Waals surface area contributed by atoms with Gasteiger partial charge >= 0.3 is 0 Å². The Morgan fingerprint density at radius 2 is 1.83 bits per heavy atom. The Labute approximate surface area is 136 Å². The fraction of sp³-hybridized carbons (Fsp3) is 0.294. The second-order valence-electron chi connectivity index (χ2n) is 5.33. The zero-order valence-corrected chi connectivity index (χ0v) is 13.7. The van der Waals surface area contributed by atoms with Gasteiger partial charge in [0.2, 0.25) is 10.0 Å². The molecule has 2 rings (SSSR count). The molecule has 0 amide bonds. The number of halogens is 1. The normalized spacial score (nSPS) is 13.0. The molecule has 0 bridgehead atoms. The van der Waals surface area contributed by atoms with Crippen molar-refractivity contribution < 1.29 is 17.9 Å². The Hall–Kier alpha value is -1.76. The highest BCUT2D eigenvalue weighted by Crippen LogP contribution is 2.21. The van der Waals surface area contributed by atoms with Crippen molar-refractivity contribution in [2.75, 3.05) is 13.2 Å². The number of benzene rings is 2. The summed E-state index contributed by atoms with van der Waals surface area (Å²) in [5.74, 6) is -0.701. The summed E-state index contributed by atoms with van der Waals surface area (Å²) < 4.78 is 40.9. The van der Waals surface area contributed by atoms with Crippen molar-refractivity contribution in [3.63, 3.8) is 0 Å². The molecule has 0 saturated carbocycles. The maximum atomic E-state index is 13.6. The molecule has 1 unspecified atom stereocenters. The van der Waals surface area contributed by atoms with Gasteiger partial charge in [-0.05, 0) is 37.0 Å². The second kappa shape index (κ2) is 7.68. The van der Waals surface area contributed by atoms with Gasteiger partial charge in [-0.15, -0.1) is 0 Å². The van der Waals surface area contributed by atoms with Crippen molar-refractivity contribution in [2.24, 2.45) is 0 Å². The molecule has 4 nitrogen and oxygen atoms in total. The fourth-order valence-corrected chi connectivity index (χ4v) is 3.77. The van der Waals surface area contributed by atoms with Crippen molar-refractivity contribution in [1.29, 1.82) is 0 Å². The van der Waals surface area contributed by atoms with Gasteiger partial charge in [-0.25, -0.2) is 17.5 Å². The number of hydrogen-bond acceptors (Lipinski definition) is 3. The molecule has 0 aliphatic heterocycles. The molecule has 6 heteroatoms. The molecule has 23 heavy (non-hydrogen) atoms. The maximum absolute atomic E-state index is 13.6. The van der Waals surface area contributed by atoms with Crippen molar-refractivity contribution in [1.82, 2.24) is 4.72 Å². The van der Waals surface area contributed by atoms with E-state index in [2.05, 4.69) is 4.72 Å². The van der Waals surface area contributed by atoms with Gasteiger partial charge in [0.05, 0.1) is 4.90 Å². The first-order chi connectivity index (χ1) is 11.0. The Bertz CT molecular complexity index is 748. The minimum absolute atomic E-state index is 0.0414. The molecule has 0 aliphatic rings. The molecule has 0 fully saturated rings. The average molecular weight is 337 g/mol. The number of aliphatic hydroxyl groups is 1. The summed E-state index contributed by atoms with van der Waals surface area (Å²) in [6.07, 6.45) is 0.439. The highest BCUT2D eigenvalue weighted by atomic mass is 32.2. The van der Waals surface area contributed by atoms with Gasteiger partial charge in [-0.3, -0.25) is 0 Å². The van der Waals surface area contributed by atoms with Gasteiger partial charge in [0.25, 0.3) is 0 Å². The Kier molecular flexibility index (Phi) is 5.87. The second-order valence-corrected chi connectivity index (χ2v) is 7.07. The van der Waals surface area contributed by atoms with Gasteiger partial charge in [0, 0.05) is 18.7 Å². The molecule has 0 radical (unpaired) electrons. The maximum Gasteiger partial charge on any atom is 0.240 e. The van der Waals surface area contributed by atoms with Crippen LogP contribution in [0.2, 0.25) is 0 Å². The van der Waals surface area contributed by atoms with Crippen LogP contribution in [-0.2, 0) is 10.0 Å². The number of sulfonamides is 1. The quantitative estimate of drug-likeness (QED) is 0.816. The van der Waals surface area contributed by atoms with E-state index in [1.807, 2.05) is 30.3 Å². The number of hydrogen-bond donors (Lipinski definition) is 2. The summed E-state index contributed by atoms with van der Waals surface area (Å²) in [5.41, 5.74) is 1.04. The predicted molar refractivity (Wildman–Crippen MR) is 87.2 cm³/mol. The smallest absolute Gasteiger partial charge is 0.240 e. The van der Waals surface area contributed by atoms with E-state index in [0.717, 1.165) is 5.56 Å². The molecule has 0 aromatic heterocycles. The highest BCUT2D eigenvalue weighted by molar-refractivity contribution is 7.89. The molecule has 2 aromatic rings. The van der Waals surface area contributed by atoms with E-state index < -0.39 is 15.8 Å². The van der Waals surface area contributed by atoms with Crippen LogP contribution < -0.4 is 4.72 Å². The first kappa shape index (κ1) is 17.6. The van der Waals surface area contributed by atoms with E-state index in [1.165, 1.54) is 25.1 Å². The summed E-state index contributed by atoms with van der Waals surface area (Å²) >= 11 is 0. The van der Waals surface area contributed by atoms with E-state index in [1.54, 1.807) is 0 Å². The highest BCUT2D eigenvalue weighted by Gasteiger charge is 2.20. The summed E-state index contributed by atoms with van der Waals surface area (Å²) in [7, 11) is -3.81. The number of aliphatic hydroxyl groups excluding tert-OH is 1. The lowest BCUT2D eigenvalue weighted by Gasteiger charge is -2.18. The van der Waals surface area contributed by atoms with Gasteiger partial charge in [0.15, 0.2) is 0 Å². The van der Waals surface area contributed by atoms with Crippen LogP contribution in [0.1, 0.15) is 23.5 Å². The number of rotatable bonds is 7. The molecule has 0 spiro atoms. The molecule has 2 aromatic carbocycles. The standard InChI is InChI=1S/C17H20FNO3S/c1-13-16(18)8-5-9-17(13)23(21,22)19-12-15(10-11-20)14-6-3-2-4-7-14/h2-9,15,19-20H,10-12H2,1H3. The van der Waals surface area contributed by atoms with E-state index >= 15 is 0 Å². The van der Waals surface area contributed by atoms with Gasteiger partial charge in [0.1, 0.15) is 5.82 Å². The summed E-state index contributed by atoms with van der Waals surface area (Å²) in [4.78, 5) is -0.0617. The van der Waals surface area contributed by atoms with Gasteiger partial charge < -0.3 is 5.11 Å². The van der Waals surface area contributed by atoms with Gasteiger partial charge in [-0.2, -0.15) is 0 Å². The minimum Gasteiger partial charge on any atom is -0.396 e. The Morgan fingerprint density at radius 1 is 1.13 bits per heavy atom. The van der Waals surface area contributed by atoms with Crippen LogP contribution in [-0.4, -0.2) is 26.7 Å². The fourth-order valence-electron chi connectivity index (χ4n) is 2.43. The first-order valence-corrected chi connectivity index (χ1v) is 8.84. The van der Waals surface area contributed by atoms with Crippen LogP contribution in [0.5, 0.6) is 0 Å². The summed E-state index contributed by atoms with van der Waals surface area (Å²) in [5, 5.41) is 9.20. The van der Waals surface area contributed by atoms with Crippen LogP contribution in [0.3, 0.4) is 0 Å². The van der Waals surface area contributed by atoms with E-state index in [-0.39, 0.29) is 29.5 Å². The molecule has 2 N–H and O–H groups in total. The molecule has 124 valence electrons. The lowest BCUT2D eigenvalue weighted by Crippen LogP contribution is -2.29. The third kappa shape index (κ3) is 4.37. The Morgan fingerprint density at radius 3 is 2.48 bits per heavy atom. The van der Waals surface area contributed by atoms with Gasteiger partial charge in [-0.1, -0.05) is 36.4 Å². The molecule has 0 heterocycles. The molecular weight excluding hydrogens is 317 g/mol. The van der Waals surface area contributed by atoms with Crippen molar-refractivity contribution >= 4 is 10.0 Å². The lowest BCUT2D eigenvalue weighted by molar-refractivity contribution is 0.275. The first-order valence-electron chi connectivity index (χ1n) is 7.36. The SMILES string of the molecule is Cc1c(F)cccc1S(=O)(=O)NCC(CCO)c1ccccc1. The Balaban J connectivity index is 2.18. The third-order valence-corrected chi connectivity index (χ3v) is 5.34. The monoisotopic (exact) mass is 337 g/mol. The van der Waals surface area contributed by atoms with Crippen LogP contribution in [0.4, 0.5) is 4.39 Å². The van der Waals surface area contributed by atoms with Crippen molar-refractivity contribution in [3.05, 3.63) is 65.5 Å². The lowest BCUT2D eigenvalue weighted by atomic mass is 9.96. The van der Waals surface area contributed by atoms with Crippen LogP contribution in [0.25, 0.3) is 0 Å². The molecule has 0 aliphatic carbocycles. The summed E-state index contributed by atoms with van der Waals surface area (Å²) in [6.45, 7) is 1.54. The molecule has 0 saturated heterocycles. The van der Waals surface area contributed by atoms with Crippen LogP contribution in [0.15, 0.2) is 53.4 Å².